The van der Waals surface area contributed by atoms with Crippen LogP contribution in [-0.2, 0) is 17.8 Å². The van der Waals surface area contributed by atoms with Crippen molar-refractivity contribution in [2.24, 2.45) is 0 Å². The van der Waals surface area contributed by atoms with E-state index in [4.69, 9.17) is 14.0 Å². The molecule has 1 fully saturated rings. The smallest absolute Gasteiger partial charge is 0.232 e. The molecule has 0 saturated carbocycles. The number of rotatable bonds is 6. The van der Waals surface area contributed by atoms with E-state index in [-0.39, 0.29) is 11.8 Å². The summed E-state index contributed by atoms with van der Waals surface area (Å²) in [6, 6.07) is 5.60. The van der Waals surface area contributed by atoms with E-state index in [2.05, 4.69) is 10.1 Å². The molecule has 1 amide bonds. The maximum Gasteiger partial charge on any atom is 0.232 e. The largest absolute Gasteiger partial charge is 0.497 e. The number of benzene rings is 1. The lowest BCUT2D eigenvalue weighted by atomic mass is 10.1. The molecule has 1 atom stereocenters. The lowest BCUT2D eigenvalue weighted by molar-refractivity contribution is -0.128. The quantitative estimate of drug-likeness (QED) is 0.807. The summed E-state index contributed by atoms with van der Waals surface area (Å²) in [6.45, 7) is 3.02. The Morgan fingerprint density at radius 1 is 1.33 bits per heavy atom. The van der Waals surface area contributed by atoms with Gasteiger partial charge in [0.05, 0.1) is 20.1 Å². The van der Waals surface area contributed by atoms with Crippen molar-refractivity contribution in [1.82, 2.24) is 15.0 Å². The van der Waals surface area contributed by atoms with Crippen LogP contribution in [0.15, 0.2) is 22.7 Å². The van der Waals surface area contributed by atoms with Crippen LogP contribution in [0.25, 0.3) is 0 Å². The Morgan fingerprint density at radius 2 is 2.17 bits per heavy atom. The first-order valence-electron chi connectivity index (χ1n) is 7.95. The molecule has 0 bridgehead atoms. The zero-order chi connectivity index (χ0) is 17.1. The molecule has 7 heteroatoms. The summed E-state index contributed by atoms with van der Waals surface area (Å²) in [5.74, 6) is 2.68. The van der Waals surface area contributed by atoms with Crippen molar-refractivity contribution in [2.45, 2.75) is 32.2 Å². The standard InChI is InChI=1S/C17H21N3O4/c1-4-15-18-17(24-19-15)12-7-16(21)20(10-12)9-11-5-6-13(22-2)8-14(11)23-3/h5-6,8,12H,4,7,9-10H2,1-3H3. The fourth-order valence-electron chi connectivity index (χ4n) is 2.86. The van der Waals surface area contributed by atoms with Gasteiger partial charge in [-0.25, -0.2) is 0 Å². The minimum Gasteiger partial charge on any atom is -0.497 e. The Hall–Kier alpha value is -2.57. The summed E-state index contributed by atoms with van der Waals surface area (Å²) < 4.78 is 15.9. The van der Waals surface area contributed by atoms with Crippen molar-refractivity contribution in [1.29, 1.82) is 0 Å². The van der Waals surface area contributed by atoms with E-state index < -0.39 is 0 Å². The summed E-state index contributed by atoms with van der Waals surface area (Å²) in [7, 11) is 3.22. The van der Waals surface area contributed by atoms with Gasteiger partial charge < -0.3 is 18.9 Å². The topological polar surface area (TPSA) is 77.7 Å². The van der Waals surface area contributed by atoms with Gasteiger partial charge in [-0.3, -0.25) is 4.79 Å². The molecule has 1 aromatic heterocycles. The third-order valence-corrected chi connectivity index (χ3v) is 4.22. The highest BCUT2D eigenvalue weighted by Gasteiger charge is 2.34. The van der Waals surface area contributed by atoms with Gasteiger partial charge >= 0.3 is 0 Å². The molecule has 0 aliphatic carbocycles. The molecule has 2 heterocycles. The Bertz CT molecular complexity index is 728. The number of aromatic nitrogens is 2. The number of hydrogen-bond donors (Lipinski definition) is 0. The fourth-order valence-corrected chi connectivity index (χ4v) is 2.86. The predicted octanol–water partition coefficient (Wildman–Crippen LogP) is 2.17. The molecule has 7 nitrogen and oxygen atoms in total. The van der Waals surface area contributed by atoms with E-state index in [9.17, 15) is 4.79 Å². The van der Waals surface area contributed by atoms with Crippen molar-refractivity contribution >= 4 is 5.91 Å². The first-order chi connectivity index (χ1) is 11.6. The highest BCUT2D eigenvalue weighted by molar-refractivity contribution is 5.79. The lowest BCUT2D eigenvalue weighted by Gasteiger charge is -2.18. The van der Waals surface area contributed by atoms with Gasteiger partial charge in [-0.05, 0) is 12.1 Å². The highest BCUT2D eigenvalue weighted by atomic mass is 16.5. The molecule has 1 aliphatic rings. The normalized spacial score (nSPS) is 17.4. The fraction of sp³-hybridized carbons (Fsp3) is 0.471. The SMILES string of the molecule is CCc1noc(C2CC(=O)N(Cc3ccc(OC)cc3OC)C2)n1. The van der Waals surface area contributed by atoms with Crippen LogP contribution in [0.2, 0.25) is 0 Å². The second kappa shape index (κ2) is 6.90. The van der Waals surface area contributed by atoms with Gasteiger partial charge in [0.2, 0.25) is 11.8 Å². The average Bonchev–Trinajstić information content (AvgIpc) is 3.22. The summed E-state index contributed by atoms with van der Waals surface area (Å²) in [5.41, 5.74) is 0.937. The van der Waals surface area contributed by atoms with Crippen LogP contribution in [0.5, 0.6) is 11.5 Å². The molecule has 0 radical (unpaired) electrons. The van der Waals surface area contributed by atoms with Crippen molar-refractivity contribution in [3.63, 3.8) is 0 Å². The Labute approximate surface area is 140 Å². The lowest BCUT2D eigenvalue weighted by Crippen LogP contribution is -2.24. The maximum atomic E-state index is 12.3. The number of nitrogens with zero attached hydrogens (tertiary/aromatic N) is 3. The molecular formula is C17H21N3O4. The summed E-state index contributed by atoms with van der Waals surface area (Å²) in [5, 5.41) is 3.91. The summed E-state index contributed by atoms with van der Waals surface area (Å²) in [6.07, 6.45) is 1.11. The zero-order valence-electron chi connectivity index (χ0n) is 14.1. The Morgan fingerprint density at radius 3 is 2.83 bits per heavy atom. The number of hydrogen-bond acceptors (Lipinski definition) is 6. The number of likely N-dealkylation sites (tertiary alicyclic amines) is 1. The molecular weight excluding hydrogens is 310 g/mol. The maximum absolute atomic E-state index is 12.3. The monoisotopic (exact) mass is 331 g/mol. The number of amides is 1. The van der Waals surface area contributed by atoms with E-state index in [0.717, 1.165) is 17.7 Å². The van der Waals surface area contributed by atoms with Crippen LogP contribution in [0.4, 0.5) is 0 Å². The van der Waals surface area contributed by atoms with Crippen LogP contribution in [0.3, 0.4) is 0 Å². The van der Waals surface area contributed by atoms with Gasteiger partial charge in [0.25, 0.3) is 0 Å². The molecule has 1 aromatic carbocycles. The van der Waals surface area contributed by atoms with E-state index in [1.807, 2.05) is 25.1 Å². The highest BCUT2D eigenvalue weighted by Crippen LogP contribution is 2.31. The van der Waals surface area contributed by atoms with Crippen molar-refractivity contribution in [3.05, 3.63) is 35.5 Å². The first kappa shape index (κ1) is 16.3. The molecule has 128 valence electrons. The van der Waals surface area contributed by atoms with E-state index in [0.29, 0.717) is 37.0 Å². The molecule has 1 aliphatic heterocycles. The molecule has 2 aromatic rings. The number of ether oxygens (including phenoxy) is 2. The molecule has 0 N–H and O–H groups in total. The predicted molar refractivity (Wildman–Crippen MR) is 86.0 cm³/mol. The van der Waals surface area contributed by atoms with Gasteiger partial charge in [-0.15, -0.1) is 0 Å². The minimum absolute atomic E-state index is 0.0467. The molecule has 1 unspecified atom stereocenters. The second-order valence-electron chi connectivity index (χ2n) is 5.76. The van der Waals surface area contributed by atoms with Crippen LogP contribution in [0.1, 0.15) is 36.5 Å². The van der Waals surface area contributed by atoms with E-state index in [1.54, 1.807) is 19.1 Å². The molecule has 24 heavy (non-hydrogen) atoms. The van der Waals surface area contributed by atoms with Crippen molar-refractivity contribution in [3.8, 4) is 11.5 Å². The van der Waals surface area contributed by atoms with Crippen molar-refractivity contribution < 1.29 is 18.8 Å². The first-order valence-corrected chi connectivity index (χ1v) is 7.95. The second-order valence-corrected chi connectivity index (χ2v) is 5.76. The Kier molecular flexibility index (Phi) is 4.69. The van der Waals surface area contributed by atoms with E-state index in [1.165, 1.54) is 0 Å². The van der Waals surface area contributed by atoms with Gasteiger partial charge in [0.15, 0.2) is 5.82 Å². The van der Waals surface area contributed by atoms with Crippen LogP contribution in [-0.4, -0.2) is 41.7 Å². The van der Waals surface area contributed by atoms with Crippen LogP contribution < -0.4 is 9.47 Å². The van der Waals surface area contributed by atoms with Gasteiger partial charge in [-0.1, -0.05) is 12.1 Å². The number of methoxy groups -OCH3 is 2. The molecule has 1 saturated heterocycles. The minimum atomic E-state index is -0.0467. The molecule has 3 rings (SSSR count). The van der Waals surface area contributed by atoms with Gasteiger partial charge in [-0.2, -0.15) is 4.98 Å². The summed E-state index contributed by atoms with van der Waals surface area (Å²) >= 11 is 0. The van der Waals surface area contributed by atoms with Crippen molar-refractivity contribution in [2.75, 3.05) is 20.8 Å². The van der Waals surface area contributed by atoms with Crippen LogP contribution in [0, 0.1) is 0 Å². The number of carbonyl (C=O) groups excluding carboxylic acids is 1. The third-order valence-electron chi connectivity index (χ3n) is 4.22. The van der Waals surface area contributed by atoms with Gasteiger partial charge in [0, 0.05) is 37.6 Å². The average molecular weight is 331 g/mol. The third kappa shape index (κ3) is 3.20. The van der Waals surface area contributed by atoms with Gasteiger partial charge in [0.1, 0.15) is 11.5 Å². The molecule has 0 spiro atoms. The van der Waals surface area contributed by atoms with Crippen LogP contribution >= 0.6 is 0 Å². The summed E-state index contributed by atoms with van der Waals surface area (Å²) in [4.78, 5) is 18.5. The number of aryl methyl sites for hydroxylation is 1. The zero-order valence-corrected chi connectivity index (χ0v) is 14.1. The van der Waals surface area contributed by atoms with E-state index >= 15 is 0 Å². The number of carbonyl (C=O) groups is 1. The Balaban J connectivity index is 1.73.